The number of thioether (sulfide) groups is 1. The van der Waals surface area contributed by atoms with Gasteiger partial charge in [0.05, 0.1) is 5.75 Å². The summed E-state index contributed by atoms with van der Waals surface area (Å²) in [6.07, 6.45) is 1.62. The van der Waals surface area contributed by atoms with E-state index in [9.17, 15) is 4.39 Å². The lowest BCUT2D eigenvalue weighted by Crippen LogP contribution is -1.96. The first-order valence-corrected chi connectivity index (χ1v) is 8.05. The topological polar surface area (TPSA) is 89.6 Å². The summed E-state index contributed by atoms with van der Waals surface area (Å²) in [5, 5.41) is 11.8. The number of hydrogen-bond acceptors (Lipinski definition) is 8. The maximum atomic E-state index is 12.8. The second-order valence-corrected chi connectivity index (χ2v) is 6.39. The van der Waals surface area contributed by atoms with Crippen LogP contribution in [0.15, 0.2) is 40.9 Å². The van der Waals surface area contributed by atoms with Gasteiger partial charge in [-0.15, -0.1) is 10.2 Å². The molecule has 9 heteroatoms. The fourth-order valence-corrected chi connectivity index (χ4v) is 3.22. The zero-order valence-corrected chi connectivity index (χ0v) is 12.9. The zero-order valence-electron chi connectivity index (χ0n) is 11.2. The van der Waals surface area contributed by atoms with Gasteiger partial charge < -0.3 is 11.1 Å². The number of nitrogens with two attached hydrogens (primary N) is 1. The zero-order chi connectivity index (χ0) is 15.4. The second kappa shape index (κ2) is 6.67. The highest BCUT2D eigenvalue weighted by Gasteiger charge is 2.07. The number of nitrogen functional groups attached to an aromatic ring is 1. The summed E-state index contributed by atoms with van der Waals surface area (Å²) in [5.41, 5.74) is 6.36. The number of rotatable bonds is 5. The van der Waals surface area contributed by atoms with Crippen LogP contribution in [0.4, 0.5) is 21.0 Å². The second-order valence-electron chi connectivity index (χ2n) is 4.19. The van der Waals surface area contributed by atoms with Crippen molar-refractivity contribution < 1.29 is 4.39 Å². The molecule has 0 saturated carbocycles. The fraction of sp³-hybridized carbons (Fsp3) is 0.0769. The molecule has 0 saturated heterocycles. The Morgan fingerprint density at radius 1 is 1.18 bits per heavy atom. The van der Waals surface area contributed by atoms with Gasteiger partial charge in [0, 0.05) is 11.9 Å². The number of anilines is 3. The van der Waals surface area contributed by atoms with E-state index < -0.39 is 0 Å². The van der Waals surface area contributed by atoms with Gasteiger partial charge in [-0.1, -0.05) is 23.1 Å². The molecular weight excluding hydrogens is 323 g/mol. The minimum Gasteiger partial charge on any atom is -0.384 e. The molecule has 0 fully saturated rings. The molecule has 0 bridgehead atoms. The van der Waals surface area contributed by atoms with Gasteiger partial charge in [-0.2, -0.15) is 0 Å². The Morgan fingerprint density at radius 3 is 2.77 bits per heavy atom. The first-order chi connectivity index (χ1) is 10.7. The summed E-state index contributed by atoms with van der Waals surface area (Å²) < 4.78 is 13.6. The molecule has 22 heavy (non-hydrogen) atoms. The number of hydrogen-bond donors (Lipinski definition) is 2. The van der Waals surface area contributed by atoms with Crippen LogP contribution in [0.2, 0.25) is 0 Å². The van der Waals surface area contributed by atoms with Gasteiger partial charge in [0.1, 0.15) is 17.5 Å². The van der Waals surface area contributed by atoms with E-state index in [1.54, 1.807) is 24.4 Å². The van der Waals surface area contributed by atoms with E-state index >= 15 is 0 Å². The van der Waals surface area contributed by atoms with Crippen LogP contribution in [0.5, 0.6) is 0 Å². The van der Waals surface area contributed by atoms with Crippen molar-refractivity contribution in [3.63, 3.8) is 0 Å². The average molecular weight is 334 g/mol. The largest absolute Gasteiger partial charge is 0.384 e. The minimum absolute atomic E-state index is 0.277. The van der Waals surface area contributed by atoms with Crippen LogP contribution in [0.25, 0.3) is 0 Å². The molecule has 0 aliphatic heterocycles. The number of halogens is 1. The lowest BCUT2D eigenvalue weighted by atomic mass is 10.3. The van der Waals surface area contributed by atoms with Crippen LogP contribution in [0.3, 0.4) is 0 Å². The van der Waals surface area contributed by atoms with Crippen molar-refractivity contribution in [2.75, 3.05) is 11.1 Å². The van der Waals surface area contributed by atoms with E-state index in [2.05, 4.69) is 25.5 Å². The molecule has 0 aliphatic rings. The van der Waals surface area contributed by atoms with Crippen molar-refractivity contribution in [2.24, 2.45) is 0 Å². The van der Waals surface area contributed by atoms with Gasteiger partial charge in [0.2, 0.25) is 5.13 Å². The predicted octanol–water partition coefficient (Wildman–Crippen LogP) is 3.09. The number of nitrogens with zero attached hydrogens (tertiary/aromatic N) is 4. The van der Waals surface area contributed by atoms with Crippen LogP contribution in [-0.2, 0) is 5.75 Å². The van der Waals surface area contributed by atoms with Crippen LogP contribution in [0, 0.1) is 5.82 Å². The number of nitrogens with one attached hydrogen (secondary N) is 1. The lowest BCUT2D eigenvalue weighted by molar-refractivity contribution is 0.628. The Bertz CT molecular complexity index is 761. The highest BCUT2D eigenvalue weighted by molar-refractivity contribution is 8.00. The van der Waals surface area contributed by atoms with Crippen LogP contribution in [-0.4, -0.2) is 20.2 Å². The monoisotopic (exact) mass is 334 g/mol. The molecule has 0 atom stereocenters. The van der Waals surface area contributed by atoms with Gasteiger partial charge in [-0.25, -0.2) is 14.4 Å². The first kappa shape index (κ1) is 14.7. The van der Waals surface area contributed by atoms with Crippen molar-refractivity contribution >= 4 is 39.7 Å². The van der Waals surface area contributed by atoms with Gasteiger partial charge in [0.15, 0.2) is 4.34 Å². The summed E-state index contributed by atoms with van der Waals surface area (Å²) in [5.74, 6) is 1.38. The molecule has 112 valence electrons. The predicted molar refractivity (Wildman–Crippen MR) is 85.6 cm³/mol. The van der Waals surface area contributed by atoms with Gasteiger partial charge in [0.25, 0.3) is 0 Å². The van der Waals surface area contributed by atoms with E-state index in [-0.39, 0.29) is 5.82 Å². The van der Waals surface area contributed by atoms with Crippen molar-refractivity contribution in [3.05, 3.63) is 48.2 Å². The Kier molecular flexibility index (Phi) is 4.45. The quantitative estimate of drug-likeness (QED) is 0.693. The SMILES string of the molecule is Nc1ccnc(CSc2nnc(Nc3ccc(F)cc3)s2)n1. The molecule has 0 aliphatic carbocycles. The fourth-order valence-electron chi connectivity index (χ4n) is 1.59. The van der Waals surface area contributed by atoms with Crippen molar-refractivity contribution in [1.82, 2.24) is 20.2 Å². The molecule has 2 aromatic heterocycles. The normalized spacial score (nSPS) is 10.6. The van der Waals surface area contributed by atoms with E-state index in [0.717, 1.165) is 10.0 Å². The third kappa shape index (κ3) is 3.89. The molecule has 0 radical (unpaired) electrons. The van der Waals surface area contributed by atoms with Crippen molar-refractivity contribution in [1.29, 1.82) is 0 Å². The third-order valence-corrected chi connectivity index (χ3v) is 4.52. The highest BCUT2D eigenvalue weighted by Crippen LogP contribution is 2.29. The van der Waals surface area contributed by atoms with E-state index in [4.69, 9.17) is 5.73 Å². The first-order valence-electron chi connectivity index (χ1n) is 6.25. The number of benzene rings is 1. The summed E-state index contributed by atoms with van der Waals surface area (Å²) in [6.45, 7) is 0. The summed E-state index contributed by atoms with van der Waals surface area (Å²) >= 11 is 2.88. The highest BCUT2D eigenvalue weighted by atomic mass is 32.2. The van der Waals surface area contributed by atoms with Crippen molar-refractivity contribution in [3.8, 4) is 0 Å². The molecule has 0 unspecified atom stereocenters. The molecule has 2 heterocycles. The van der Waals surface area contributed by atoms with Gasteiger partial charge in [-0.3, -0.25) is 0 Å². The lowest BCUT2D eigenvalue weighted by Gasteiger charge is -2.00. The average Bonchev–Trinajstić information content (AvgIpc) is 2.95. The molecule has 1 aromatic carbocycles. The summed E-state index contributed by atoms with van der Waals surface area (Å²) in [6, 6.07) is 7.70. The Hall–Kier alpha value is -2.26. The van der Waals surface area contributed by atoms with Crippen LogP contribution in [0.1, 0.15) is 5.82 Å². The Morgan fingerprint density at radius 2 is 2.00 bits per heavy atom. The molecular formula is C13H11FN6S2. The molecule has 6 nitrogen and oxygen atoms in total. The minimum atomic E-state index is -0.277. The Labute approximate surface area is 134 Å². The third-order valence-electron chi connectivity index (χ3n) is 2.55. The van der Waals surface area contributed by atoms with E-state index in [0.29, 0.717) is 22.5 Å². The van der Waals surface area contributed by atoms with Gasteiger partial charge in [-0.05, 0) is 30.3 Å². The molecule has 3 rings (SSSR count). The van der Waals surface area contributed by atoms with Crippen LogP contribution >= 0.6 is 23.1 Å². The Balaban J connectivity index is 1.60. The summed E-state index contributed by atoms with van der Waals surface area (Å²) in [7, 11) is 0. The molecule has 0 spiro atoms. The van der Waals surface area contributed by atoms with E-state index in [1.165, 1.54) is 35.2 Å². The molecule has 3 aromatic rings. The number of aromatic nitrogens is 4. The van der Waals surface area contributed by atoms with Gasteiger partial charge >= 0.3 is 0 Å². The molecule has 3 N–H and O–H groups in total. The smallest absolute Gasteiger partial charge is 0.210 e. The van der Waals surface area contributed by atoms with Crippen molar-refractivity contribution in [2.45, 2.75) is 10.1 Å². The summed E-state index contributed by atoms with van der Waals surface area (Å²) in [4.78, 5) is 8.25. The maximum absolute atomic E-state index is 12.8. The maximum Gasteiger partial charge on any atom is 0.210 e. The molecule has 0 amide bonds. The van der Waals surface area contributed by atoms with E-state index in [1.807, 2.05) is 0 Å². The van der Waals surface area contributed by atoms with Crippen LogP contribution < -0.4 is 11.1 Å². The standard InChI is InChI=1S/C13H11FN6S2/c14-8-1-3-9(4-2-8)17-12-19-20-13(22-12)21-7-11-16-6-5-10(15)18-11/h1-6H,7H2,(H,17,19)(H2,15,16,18).